The second-order valence-corrected chi connectivity index (χ2v) is 8.10. The molecule has 0 bridgehead atoms. The Labute approximate surface area is 144 Å². The van der Waals surface area contributed by atoms with Crippen molar-refractivity contribution in [1.82, 2.24) is 9.62 Å². The van der Waals surface area contributed by atoms with Gasteiger partial charge in [0.2, 0.25) is 15.9 Å². The van der Waals surface area contributed by atoms with Crippen molar-refractivity contribution in [1.29, 1.82) is 0 Å². The molecule has 1 aliphatic rings. The Morgan fingerprint density at radius 3 is 2.50 bits per heavy atom. The molecule has 1 saturated carbocycles. The third-order valence-corrected chi connectivity index (χ3v) is 6.40. The lowest BCUT2D eigenvalue weighted by Gasteiger charge is -2.20. The summed E-state index contributed by atoms with van der Waals surface area (Å²) in [6.07, 6.45) is 2.47. The molecule has 0 saturated heterocycles. The molecular formula is C17H27N3O3S. The molecule has 2 rings (SSSR count). The zero-order valence-electron chi connectivity index (χ0n) is 14.6. The van der Waals surface area contributed by atoms with Gasteiger partial charge in [-0.15, -0.1) is 0 Å². The summed E-state index contributed by atoms with van der Waals surface area (Å²) >= 11 is 0. The molecule has 7 heteroatoms. The molecule has 0 unspecified atom stereocenters. The van der Waals surface area contributed by atoms with E-state index in [9.17, 15) is 13.2 Å². The van der Waals surface area contributed by atoms with Gasteiger partial charge in [-0.1, -0.05) is 19.9 Å². The van der Waals surface area contributed by atoms with E-state index in [-0.39, 0.29) is 17.3 Å². The first-order valence-electron chi connectivity index (χ1n) is 8.49. The number of amides is 1. The molecule has 0 radical (unpaired) electrons. The van der Waals surface area contributed by atoms with Gasteiger partial charge in [0.25, 0.3) is 0 Å². The van der Waals surface area contributed by atoms with Gasteiger partial charge in [0.15, 0.2) is 0 Å². The lowest BCUT2D eigenvalue weighted by Crippen LogP contribution is -2.31. The van der Waals surface area contributed by atoms with E-state index in [4.69, 9.17) is 0 Å². The maximum absolute atomic E-state index is 12.7. The van der Waals surface area contributed by atoms with Gasteiger partial charge >= 0.3 is 0 Å². The number of benzene rings is 1. The Bertz CT molecular complexity index is 680. The lowest BCUT2D eigenvalue weighted by atomic mass is 10.2. The summed E-state index contributed by atoms with van der Waals surface area (Å²) in [5, 5.41) is 5.89. The van der Waals surface area contributed by atoms with Gasteiger partial charge in [-0.3, -0.25) is 4.79 Å². The predicted octanol–water partition coefficient (Wildman–Crippen LogP) is 1.96. The summed E-state index contributed by atoms with van der Waals surface area (Å²) in [6.45, 7) is 7.32. The fraction of sp³-hybridized carbons (Fsp3) is 0.588. The van der Waals surface area contributed by atoms with Gasteiger partial charge in [-0.05, 0) is 49.9 Å². The van der Waals surface area contributed by atoms with E-state index in [0.717, 1.165) is 6.54 Å². The first-order chi connectivity index (χ1) is 11.4. The van der Waals surface area contributed by atoms with Crippen LogP contribution in [0.4, 0.5) is 5.69 Å². The fourth-order valence-corrected chi connectivity index (χ4v) is 4.28. The predicted molar refractivity (Wildman–Crippen MR) is 95.5 cm³/mol. The maximum Gasteiger partial charge on any atom is 0.243 e. The van der Waals surface area contributed by atoms with Crippen molar-refractivity contribution in [3.05, 3.63) is 23.8 Å². The summed E-state index contributed by atoms with van der Waals surface area (Å²) in [7, 11) is -3.54. The van der Waals surface area contributed by atoms with Gasteiger partial charge in [0, 0.05) is 18.8 Å². The molecule has 0 heterocycles. The van der Waals surface area contributed by atoms with Crippen LogP contribution in [0.2, 0.25) is 0 Å². The summed E-state index contributed by atoms with van der Waals surface area (Å²) in [5.41, 5.74) is 1.18. The molecule has 1 aliphatic carbocycles. The van der Waals surface area contributed by atoms with Gasteiger partial charge in [0.1, 0.15) is 0 Å². The quantitative estimate of drug-likeness (QED) is 0.711. The highest BCUT2D eigenvalue weighted by Crippen LogP contribution is 2.27. The number of nitrogens with one attached hydrogen (secondary N) is 2. The van der Waals surface area contributed by atoms with Gasteiger partial charge in [0.05, 0.1) is 11.4 Å². The highest BCUT2D eigenvalue weighted by atomic mass is 32.2. The lowest BCUT2D eigenvalue weighted by molar-refractivity contribution is -0.115. The molecule has 2 N–H and O–H groups in total. The second-order valence-electron chi connectivity index (χ2n) is 6.19. The first kappa shape index (κ1) is 18.9. The smallest absolute Gasteiger partial charge is 0.243 e. The largest absolute Gasteiger partial charge is 0.325 e. The Hall–Kier alpha value is -1.44. The zero-order chi connectivity index (χ0) is 17.7. The van der Waals surface area contributed by atoms with Crippen molar-refractivity contribution in [2.75, 3.05) is 31.5 Å². The molecule has 24 heavy (non-hydrogen) atoms. The van der Waals surface area contributed by atoms with Gasteiger partial charge in [-0.25, -0.2) is 8.42 Å². The molecule has 6 nitrogen and oxygen atoms in total. The van der Waals surface area contributed by atoms with Crippen LogP contribution in [0.25, 0.3) is 0 Å². The molecule has 0 spiro atoms. The van der Waals surface area contributed by atoms with Crippen LogP contribution in [-0.4, -0.2) is 44.8 Å². The third kappa shape index (κ3) is 4.78. The van der Waals surface area contributed by atoms with E-state index < -0.39 is 10.0 Å². The van der Waals surface area contributed by atoms with Crippen molar-refractivity contribution in [3.63, 3.8) is 0 Å². The van der Waals surface area contributed by atoms with Crippen LogP contribution in [0.3, 0.4) is 0 Å². The van der Waals surface area contributed by atoms with Crippen LogP contribution >= 0.6 is 0 Å². The number of rotatable bonds is 9. The monoisotopic (exact) mass is 353 g/mol. The molecular weight excluding hydrogens is 326 g/mol. The molecule has 1 amide bonds. The molecule has 0 aliphatic heterocycles. The summed E-state index contributed by atoms with van der Waals surface area (Å²) in [6, 6.07) is 5.00. The standard InChI is InChI=1S/C17H27N3O3S/c1-4-20(5-2)24(22,23)16-10-15(9-6-13(16)3)19-17(21)12-18-11-14-7-8-14/h6,9-10,14,18H,4-5,7-8,11-12H2,1-3H3,(H,19,21). The first-order valence-corrected chi connectivity index (χ1v) is 9.93. The van der Waals surface area contributed by atoms with Crippen molar-refractivity contribution < 1.29 is 13.2 Å². The molecule has 1 aromatic rings. The fourth-order valence-electron chi connectivity index (χ4n) is 2.58. The normalized spacial score (nSPS) is 14.8. The van der Waals surface area contributed by atoms with Crippen LogP contribution in [-0.2, 0) is 14.8 Å². The number of hydrogen-bond donors (Lipinski definition) is 2. The Morgan fingerprint density at radius 1 is 1.25 bits per heavy atom. The van der Waals surface area contributed by atoms with Crippen LogP contribution in [0.15, 0.2) is 23.1 Å². The number of anilines is 1. The minimum atomic E-state index is -3.54. The topological polar surface area (TPSA) is 78.5 Å². The number of sulfonamides is 1. The average molecular weight is 353 g/mol. The van der Waals surface area contributed by atoms with Crippen LogP contribution in [0, 0.1) is 12.8 Å². The van der Waals surface area contributed by atoms with Gasteiger partial charge < -0.3 is 10.6 Å². The van der Waals surface area contributed by atoms with E-state index >= 15 is 0 Å². The Kier molecular flexibility index (Phi) is 6.37. The van der Waals surface area contributed by atoms with Crippen LogP contribution < -0.4 is 10.6 Å². The molecule has 0 atom stereocenters. The minimum absolute atomic E-state index is 0.161. The van der Waals surface area contributed by atoms with E-state index in [1.54, 1.807) is 25.1 Å². The number of hydrogen-bond acceptors (Lipinski definition) is 4. The Balaban J connectivity index is 2.08. The van der Waals surface area contributed by atoms with Crippen LogP contribution in [0.5, 0.6) is 0 Å². The van der Waals surface area contributed by atoms with Crippen LogP contribution in [0.1, 0.15) is 32.3 Å². The third-order valence-electron chi connectivity index (χ3n) is 4.21. The van der Waals surface area contributed by atoms with E-state index in [0.29, 0.717) is 30.3 Å². The average Bonchev–Trinajstić information content (AvgIpc) is 3.34. The van der Waals surface area contributed by atoms with Crippen molar-refractivity contribution in [3.8, 4) is 0 Å². The molecule has 134 valence electrons. The van der Waals surface area contributed by atoms with E-state index in [1.807, 2.05) is 13.8 Å². The van der Waals surface area contributed by atoms with E-state index in [1.165, 1.54) is 17.1 Å². The zero-order valence-corrected chi connectivity index (χ0v) is 15.4. The Morgan fingerprint density at radius 2 is 1.92 bits per heavy atom. The minimum Gasteiger partial charge on any atom is -0.325 e. The summed E-state index contributed by atoms with van der Waals surface area (Å²) < 4.78 is 26.8. The SMILES string of the molecule is CCN(CC)S(=O)(=O)c1cc(NC(=O)CNCC2CC2)ccc1C. The number of nitrogens with zero attached hydrogens (tertiary/aromatic N) is 1. The highest BCUT2D eigenvalue weighted by Gasteiger charge is 2.24. The van der Waals surface area contributed by atoms with E-state index in [2.05, 4.69) is 10.6 Å². The van der Waals surface area contributed by atoms with Crippen molar-refractivity contribution >= 4 is 21.6 Å². The number of carbonyl (C=O) groups is 1. The van der Waals surface area contributed by atoms with Crippen molar-refractivity contribution in [2.45, 2.75) is 38.5 Å². The van der Waals surface area contributed by atoms with Crippen molar-refractivity contribution in [2.24, 2.45) is 5.92 Å². The molecule has 1 aromatic carbocycles. The number of aryl methyl sites for hydroxylation is 1. The number of carbonyl (C=O) groups excluding carboxylic acids is 1. The van der Waals surface area contributed by atoms with Gasteiger partial charge in [-0.2, -0.15) is 4.31 Å². The second kappa shape index (κ2) is 8.09. The molecule has 0 aromatic heterocycles. The maximum atomic E-state index is 12.7. The summed E-state index contributed by atoms with van der Waals surface area (Å²) in [4.78, 5) is 12.2. The highest BCUT2D eigenvalue weighted by molar-refractivity contribution is 7.89. The summed E-state index contributed by atoms with van der Waals surface area (Å²) in [5.74, 6) is 0.550. The molecule has 1 fully saturated rings.